The largest absolute Gasteiger partial charge is 0.325 e. The molecule has 1 N–H and O–H groups in total. The fourth-order valence-electron chi connectivity index (χ4n) is 2.52. The molecule has 7 heteroatoms. The van der Waals surface area contributed by atoms with Gasteiger partial charge < -0.3 is 5.32 Å². The van der Waals surface area contributed by atoms with Gasteiger partial charge in [-0.3, -0.25) is 9.78 Å². The summed E-state index contributed by atoms with van der Waals surface area (Å²) < 4.78 is 2.06. The van der Waals surface area contributed by atoms with Crippen LogP contribution in [-0.2, 0) is 10.5 Å². The summed E-state index contributed by atoms with van der Waals surface area (Å²) in [4.78, 5) is 22.1. The number of benzene rings is 2. The van der Waals surface area contributed by atoms with Crippen LogP contribution in [0.15, 0.2) is 82.3 Å². The molecule has 28 heavy (non-hydrogen) atoms. The average Bonchev–Trinajstić information content (AvgIpc) is 3.16. The molecular formula is C21H17N3OS3. The summed E-state index contributed by atoms with van der Waals surface area (Å²) in [6, 6.07) is 19.9. The minimum atomic E-state index is -0.0278. The van der Waals surface area contributed by atoms with Gasteiger partial charge in [-0.25, -0.2) is 4.98 Å². The third-order valence-electron chi connectivity index (χ3n) is 3.87. The lowest BCUT2D eigenvalue weighted by atomic mass is 10.3. The van der Waals surface area contributed by atoms with Crippen LogP contribution in [0.5, 0.6) is 0 Å². The van der Waals surface area contributed by atoms with E-state index in [1.807, 2.05) is 60.8 Å². The highest BCUT2D eigenvalue weighted by molar-refractivity contribution is 8.01. The first kappa shape index (κ1) is 19.0. The highest BCUT2D eigenvalue weighted by Gasteiger charge is 2.08. The Morgan fingerprint density at radius 3 is 2.64 bits per heavy atom. The molecule has 2 aromatic carbocycles. The standard InChI is InChI=1S/C21H17N3OS3/c25-20(14-27-21-24-18-5-1-2-6-19(18)28-21)23-16-7-9-17(10-8-16)26-13-15-4-3-11-22-12-15/h1-12H,13-14H2,(H,23,25). The topological polar surface area (TPSA) is 54.9 Å². The first-order valence-corrected chi connectivity index (χ1v) is 11.4. The molecule has 4 nitrogen and oxygen atoms in total. The Labute approximate surface area is 175 Å². The summed E-state index contributed by atoms with van der Waals surface area (Å²) in [5.41, 5.74) is 2.98. The summed E-state index contributed by atoms with van der Waals surface area (Å²) in [5.74, 6) is 1.19. The van der Waals surface area contributed by atoms with Crippen LogP contribution in [-0.4, -0.2) is 21.6 Å². The first-order chi connectivity index (χ1) is 13.8. The van der Waals surface area contributed by atoms with Crippen molar-refractivity contribution < 1.29 is 4.79 Å². The fourth-order valence-corrected chi connectivity index (χ4v) is 5.22. The molecule has 0 atom stereocenters. The van der Waals surface area contributed by atoms with E-state index in [4.69, 9.17) is 0 Å². The Bertz CT molecular complexity index is 1030. The third-order valence-corrected chi connectivity index (χ3v) is 7.13. The Balaban J connectivity index is 1.27. The molecule has 0 bridgehead atoms. The lowest BCUT2D eigenvalue weighted by Crippen LogP contribution is -2.13. The second kappa shape index (κ2) is 9.23. The van der Waals surface area contributed by atoms with Crippen molar-refractivity contribution in [2.45, 2.75) is 15.0 Å². The number of anilines is 1. The van der Waals surface area contributed by atoms with Gasteiger partial charge in [0.15, 0.2) is 4.34 Å². The predicted octanol–water partition coefficient (Wildman–Crippen LogP) is 5.71. The maximum absolute atomic E-state index is 12.2. The number of hydrogen-bond donors (Lipinski definition) is 1. The van der Waals surface area contributed by atoms with Crippen LogP contribution in [0.2, 0.25) is 0 Å². The van der Waals surface area contributed by atoms with Gasteiger partial charge in [-0.1, -0.05) is 30.0 Å². The molecule has 4 rings (SSSR count). The van der Waals surface area contributed by atoms with Crippen molar-refractivity contribution in [1.29, 1.82) is 0 Å². The van der Waals surface area contributed by atoms with E-state index in [-0.39, 0.29) is 5.91 Å². The predicted molar refractivity (Wildman–Crippen MR) is 119 cm³/mol. The molecule has 1 amide bonds. The van der Waals surface area contributed by atoms with Crippen molar-refractivity contribution in [1.82, 2.24) is 9.97 Å². The maximum Gasteiger partial charge on any atom is 0.234 e. The number of thiazole rings is 1. The normalized spacial score (nSPS) is 10.9. The van der Waals surface area contributed by atoms with Gasteiger partial charge in [-0.05, 0) is 48.0 Å². The van der Waals surface area contributed by atoms with Gasteiger partial charge >= 0.3 is 0 Å². The van der Waals surface area contributed by atoms with Crippen LogP contribution >= 0.6 is 34.9 Å². The van der Waals surface area contributed by atoms with Gasteiger partial charge in [-0.2, -0.15) is 0 Å². The van der Waals surface area contributed by atoms with Crippen LogP contribution in [0.4, 0.5) is 5.69 Å². The quantitative estimate of drug-likeness (QED) is 0.386. The molecule has 0 radical (unpaired) electrons. The molecule has 0 spiro atoms. The molecule has 4 aromatic rings. The first-order valence-electron chi connectivity index (χ1n) is 8.66. The van der Waals surface area contributed by atoms with Gasteiger partial charge in [0.25, 0.3) is 0 Å². The van der Waals surface area contributed by atoms with Crippen LogP contribution in [0.25, 0.3) is 10.2 Å². The minimum Gasteiger partial charge on any atom is -0.325 e. The summed E-state index contributed by atoms with van der Waals surface area (Å²) in [7, 11) is 0. The van der Waals surface area contributed by atoms with Crippen molar-refractivity contribution in [3.8, 4) is 0 Å². The number of rotatable bonds is 7. The van der Waals surface area contributed by atoms with Gasteiger partial charge in [0.2, 0.25) is 5.91 Å². The number of fused-ring (bicyclic) bond motifs is 1. The highest BCUT2D eigenvalue weighted by atomic mass is 32.2. The Hall–Kier alpha value is -2.35. The van der Waals surface area contributed by atoms with Crippen LogP contribution < -0.4 is 5.32 Å². The van der Waals surface area contributed by atoms with Crippen molar-refractivity contribution >= 4 is 56.7 Å². The van der Waals surface area contributed by atoms with E-state index in [0.29, 0.717) is 5.75 Å². The molecule has 2 heterocycles. The number of carbonyl (C=O) groups is 1. The SMILES string of the molecule is O=C(CSc1nc2ccccc2s1)Nc1ccc(SCc2cccnc2)cc1. The van der Waals surface area contributed by atoms with E-state index in [0.717, 1.165) is 30.9 Å². The van der Waals surface area contributed by atoms with Gasteiger partial charge in [0, 0.05) is 28.7 Å². The van der Waals surface area contributed by atoms with Gasteiger partial charge in [0.05, 0.1) is 16.0 Å². The van der Waals surface area contributed by atoms with E-state index in [1.165, 1.54) is 17.3 Å². The lowest BCUT2D eigenvalue weighted by Gasteiger charge is -2.06. The summed E-state index contributed by atoms with van der Waals surface area (Å²) >= 11 is 4.83. The Morgan fingerprint density at radius 1 is 1.00 bits per heavy atom. The molecule has 0 aliphatic heterocycles. The van der Waals surface area contributed by atoms with Crippen molar-refractivity contribution in [3.63, 3.8) is 0 Å². The number of hydrogen-bond acceptors (Lipinski definition) is 6. The zero-order valence-electron chi connectivity index (χ0n) is 14.9. The molecule has 0 fully saturated rings. The minimum absolute atomic E-state index is 0.0278. The number of amides is 1. The zero-order valence-corrected chi connectivity index (χ0v) is 17.3. The summed E-state index contributed by atoms with van der Waals surface area (Å²) in [5, 5.41) is 2.94. The van der Waals surface area contributed by atoms with E-state index in [2.05, 4.69) is 21.4 Å². The molecular weight excluding hydrogens is 406 g/mol. The number of aromatic nitrogens is 2. The zero-order chi connectivity index (χ0) is 19.2. The summed E-state index contributed by atoms with van der Waals surface area (Å²) in [6.45, 7) is 0. The van der Waals surface area contributed by atoms with Crippen LogP contribution in [0.3, 0.4) is 0 Å². The maximum atomic E-state index is 12.2. The number of carbonyl (C=O) groups excluding carboxylic acids is 1. The van der Waals surface area contributed by atoms with E-state index in [1.54, 1.807) is 29.3 Å². The van der Waals surface area contributed by atoms with Gasteiger partial charge in [0.1, 0.15) is 0 Å². The molecule has 140 valence electrons. The second-order valence-electron chi connectivity index (χ2n) is 5.96. The van der Waals surface area contributed by atoms with E-state index in [9.17, 15) is 4.79 Å². The molecule has 0 aliphatic carbocycles. The highest BCUT2D eigenvalue weighted by Crippen LogP contribution is 2.29. The fraction of sp³-hybridized carbons (Fsp3) is 0.0952. The van der Waals surface area contributed by atoms with Crippen LogP contribution in [0.1, 0.15) is 5.56 Å². The molecule has 0 aliphatic rings. The van der Waals surface area contributed by atoms with Crippen LogP contribution in [0, 0.1) is 0 Å². The van der Waals surface area contributed by atoms with Crippen molar-refractivity contribution in [2.75, 3.05) is 11.1 Å². The lowest BCUT2D eigenvalue weighted by molar-refractivity contribution is -0.113. The molecule has 0 saturated heterocycles. The van der Waals surface area contributed by atoms with Crippen molar-refractivity contribution in [3.05, 3.63) is 78.6 Å². The number of nitrogens with zero attached hydrogens (tertiary/aromatic N) is 2. The monoisotopic (exact) mass is 423 g/mol. The third kappa shape index (κ3) is 5.13. The molecule has 0 unspecified atom stereocenters. The summed E-state index contributed by atoms with van der Waals surface area (Å²) in [6.07, 6.45) is 3.66. The number of thioether (sulfide) groups is 2. The number of nitrogens with one attached hydrogen (secondary N) is 1. The Morgan fingerprint density at radius 2 is 1.86 bits per heavy atom. The second-order valence-corrected chi connectivity index (χ2v) is 9.26. The van der Waals surface area contributed by atoms with Crippen molar-refractivity contribution in [2.24, 2.45) is 0 Å². The Kier molecular flexibility index (Phi) is 6.26. The smallest absolute Gasteiger partial charge is 0.234 e. The molecule has 0 saturated carbocycles. The molecule has 2 aromatic heterocycles. The van der Waals surface area contributed by atoms with E-state index < -0.39 is 0 Å². The van der Waals surface area contributed by atoms with E-state index >= 15 is 0 Å². The number of para-hydroxylation sites is 1. The van der Waals surface area contributed by atoms with Gasteiger partial charge in [-0.15, -0.1) is 23.1 Å². The average molecular weight is 424 g/mol. The number of pyridine rings is 1.